The van der Waals surface area contributed by atoms with Crippen molar-refractivity contribution in [3.63, 3.8) is 0 Å². The van der Waals surface area contributed by atoms with Gasteiger partial charge in [-0.25, -0.2) is 4.72 Å². The predicted octanol–water partition coefficient (Wildman–Crippen LogP) is 3.36. The molecular weight excluding hydrogens is 449 g/mol. The fourth-order valence-corrected chi connectivity index (χ4v) is 2.68. The summed E-state index contributed by atoms with van der Waals surface area (Å²) < 4.78 is 44.8. The van der Waals surface area contributed by atoms with Crippen LogP contribution in [0.25, 0.3) is 0 Å². The summed E-state index contributed by atoms with van der Waals surface area (Å²) in [5.41, 5.74) is 10.6. The normalized spacial score (nSPS) is 10.5. The first-order valence-electron chi connectivity index (χ1n) is 9.27. The van der Waals surface area contributed by atoms with E-state index in [1.54, 1.807) is 0 Å². The number of aliphatic carboxylic acids is 1. The van der Waals surface area contributed by atoms with E-state index in [1.807, 2.05) is 31.2 Å². The molecule has 0 heterocycles. The topological polar surface area (TPSA) is 132 Å². The summed E-state index contributed by atoms with van der Waals surface area (Å²) in [6.45, 7) is 2.72. The SMILES string of the molecule is Cc1ccc(OCCCON=C(N)N)cc1.O=C(O)CNSc1cccc(C(F)(F)F)c1. The van der Waals surface area contributed by atoms with Gasteiger partial charge >= 0.3 is 12.1 Å². The Bertz CT molecular complexity index is 861. The van der Waals surface area contributed by atoms with Crippen LogP contribution in [-0.2, 0) is 15.8 Å². The fourth-order valence-electron chi connectivity index (χ4n) is 1.99. The summed E-state index contributed by atoms with van der Waals surface area (Å²) in [4.78, 5) is 15.3. The van der Waals surface area contributed by atoms with E-state index in [9.17, 15) is 18.0 Å². The second-order valence-corrected chi connectivity index (χ2v) is 7.17. The Morgan fingerprint density at radius 3 is 2.44 bits per heavy atom. The minimum atomic E-state index is -4.39. The molecule has 0 saturated carbocycles. The van der Waals surface area contributed by atoms with Crippen molar-refractivity contribution < 1.29 is 32.6 Å². The van der Waals surface area contributed by atoms with Crippen LogP contribution in [0.4, 0.5) is 13.2 Å². The van der Waals surface area contributed by atoms with Gasteiger partial charge in [0.25, 0.3) is 0 Å². The average Bonchev–Trinajstić information content (AvgIpc) is 2.71. The molecular formula is C20H25F3N4O4S. The molecule has 2 aromatic rings. The summed E-state index contributed by atoms with van der Waals surface area (Å²) in [5.74, 6) is -0.286. The Hall–Kier alpha value is -3.12. The number of nitrogens with two attached hydrogens (primary N) is 2. The van der Waals surface area contributed by atoms with Gasteiger partial charge in [0, 0.05) is 11.3 Å². The molecule has 0 spiro atoms. The van der Waals surface area contributed by atoms with Gasteiger partial charge in [0.15, 0.2) is 0 Å². The molecule has 0 saturated heterocycles. The van der Waals surface area contributed by atoms with E-state index < -0.39 is 17.7 Å². The Labute approximate surface area is 187 Å². The third kappa shape index (κ3) is 12.5. The number of nitrogens with one attached hydrogen (secondary N) is 1. The molecule has 2 rings (SSSR count). The van der Waals surface area contributed by atoms with Crippen molar-refractivity contribution in [2.75, 3.05) is 19.8 Å². The van der Waals surface area contributed by atoms with E-state index in [-0.39, 0.29) is 12.5 Å². The van der Waals surface area contributed by atoms with E-state index in [2.05, 4.69) is 9.88 Å². The minimum absolute atomic E-state index is 0.0700. The lowest BCUT2D eigenvalue weighted by Gasteiger charge is -2.08. The van der Waals surface area contributed by atoms with Gasteiger partial charge in [0.2, 0.25) is 5.96 Å². The molecule has 2 aromatic carbocycles. The van der Waals surface area contributed by atoms with Crippen molar-refractivity contribution in [1.29, 1.82) is 0 Å². The zero-order valence-electron chi connectivity index (χ0n) is 17.3. The number of ether oxygens (including phenoxy) is 1. The number of aryl methyl sites for hydroxylation is 1. The molecule has 0 fully saturated rings. The quantitative estimate of drug-likeness (QED) is 0.136. The number of oxime groups is 1. The van der Waals surface area contributed by atoms with Crippen LogP contribution in [0.3, 0.4) is 0 Å². The van der Waals surface area contributed by atoms with Gasteiger partial charge in [-0.05, 0) is 54.4 Å². The number of hydrogen-bond donors (Lipinski definition) is 4. The number of carbonyl (C=O) groups is 1. The number of guanidine groups is 1. The first-order valence-corrected chi connectivity index (χ1v) is 10.1. The van der Waals surface area contributed by atoms with Crippen molar-refractivity contribution >= 4 is 23.9 Å². The Balaban J connectivity index is 0.000000320. The first-order chi connectivity index (χ1) is 15.1. The zero-order chi connectivity index (χ0) is 24.0. The predicted molar refractivity (Wildman–Crippen MR) is 116 cm³/mol. The van der Waals surface area contributed by atoms with Gasteiger partial charge in [0.05, 0.1) is 12.2 Å². The Morgan fingerprint density at radius 1 is 1.16 bits per heavy atom. The molecule has 12 heteroatoms. The number of nitrogens with zero attached hydrogens (tertiary/aromatic N) is 1. The highest BCUT2D eigenvalue weighted by molar-refractivity contribution is 7.97. The van der Waals surface area contributed by atoms with Crippen molar-refractivity contribution in [3.8, 4) is 5.75 Å². The van der Waals surface area contributed by atoms with Crippen LogP contribution in [0.1, 0.15) is 17.5 Å². The van der Waals surface area contributed by atoms with Crippen LogP contribution in [0.15, 0.2) is 58.6 Å². The van der Waals surface area contributed by atoms with Crippen LogP contribution in [0.2, 0.25) is 0 Å². The van der Waals surface area contributed by atoms with Crippen LogP contribution in [-0.4, -0.2) is 36.8 Å². The summed E-state index contributed by atoms with van der Waals surface area (Å²) in [5, 5.41) is 11.7. The third-order valence-electron chi connectivity index (χ3n) is 3.41. The smallest absolute Gasteiger partial charge is 0.416 e. The molecule has 0 amide bonds. The molecule has 6 N–H and O–H groups in total. The number of benzene rings is 2. The first kappa shape index (κ1) is 26.9. The van der Waals surface area contributed by atoms with E-state index in [4.69, 9.17) is 26.1 Å². The summed E-state index contributed by atoms with van der Waals surface area (Å²) >= 11 is 0.848. The molecule has 32 heavy (non-hydrogen) atoms. The van der Waals surface area contributed by atoms with E-state index in [1.165, 1.54) is 17.7 Å². The Kier molecular flexibility index (Phi) is 11.8. The largest absolute Gasteiger partial charge is 0.493 e. The van der Waals surface area contributed by atoms with Crippen LogP contribution >= 0.6 is 11.9 Å². The maximum Gasteiger partial charge on any atom is 0.416 e. The van der Waals surface area contributed by atoms with E-state index in [0.717, 1.165) is 36.3 Å². The summed E-state index contributed by atoms with van der Waals surface area (Å²) in [7, 11) is 0. The molecule has 0 aromatic heterocycles. The van der Waals surface area contributed by atoms with Crippen LogP contribution in [0.5, 0.6) is 5.75 Å². The van der Waals surface area contributed by atoms with Gasteiger partial charge in [-0.3, -0.25) is 4.79 Å². The van der Waals surface area contributed by atoms with Crippen molar-refractivity contribution in [2.24, 2.45) is 16.6 Å². The number of carboxylic acid groups (broad SMARTS) is 1. The van der Waals surface area contributed by atoms with E-state index >= 15 is 0 Å². The molecule has 0 unspecified atom stereocenters. The lowest BCUT2D eigenvalue weighted by atomic mass is 10.2. The lowest BCUT2D eigenvalue weighted by Crippen LogP contribution is -2.23. The number of rotatable bonds is 10. The summed E-state index contributed by atoms with van der Waals surface area (Å²) in [6.07, 6.45) is -3.66. The van der Waals surface area contributed by atoms with Crippen molar-refractivity contribution in [2.45, 2.75) is 24.4 Å². The average molecular weight is 475 g/mol. The number of hydrogen-bond acceptors (Lipinski definition) is 6. The molecule has 0 bridgehead atoms. The van der Waals surface area contributed by atoms with Gasteiger partial charge in [0.1, 0.15) is 18.9 Å². The van der Waals surface area contributed by atoms with Gasteiger partial charge in [-0.15, -0.1) is 0 Å². The molecule has 0 aliphatic carbocycles. The minimum Gasteiger partial charge on any atom is -0.493 e. The monoisotopic (exact) mass is 474 g/mol. The molecule has 176 valence electrons. The zero-order valence-corrected chi connectivity index (χ0v) is 18.1. The second kappa shape index (κ2) is 14.0. The molecule has 0 radical (unpaired) electrons. The van der Waals surface area contributed by atoms with Crippen molar-refractivity contribution in [3.05, 3.63) is 59.7 Å². The fraction of sp³-hybridized carbons (Fsp3) is 0.300. The maximum atomic E-state index is 12.3. The van der Waals surface area contributed by atoms with Gasteiger partial charge < -0.3 is 26.1 Å². The highest BCUT2D eigenvalue weighted by Gasteiger charge is 2.30. The molecule has 0 aliphatic heterocycles. The van der Waals surface area contributed by atoms with Gasteiger partial charge in [-0.1, -0.05) is 23.8 Å². The standard InChI is InChI=1S/C11H17N3O2.C9H8F3NO2S/c1-9-3-5-10(6-4-9)15-7-2-8-16-14-11(12)13;10-9(11,12)6-2-1-3-7(4-6)16-13-5-8(14)15/h3-6H,2,7-8H2,1H3,(H4,12,13,14);1-4,13H,5H2,(H,14,15). The van der Waals surface area contributed by atoms with Crippen LogP contribution in [0, 0.1) is 6.92 Å². The lowest BCUT2D eigenvalue weighted by molar-refractivity contribution is -0.138. The van der Waals surface area contributed by atoms with E-state index in [0.29, 0.717) is 18.1 Å². The number of carboxylic acids is 1. The highest BCUT2D eigenvalue weighted by atomic mass is 32.2. The number of halogens is 3. The highest BCUT2D eigenvalue weighted by Crippen LogP contribution is 2.31. The van der Waals surface area contributed by atoms with Crippen molar-refractivity contribution in [1.82, 2.24) is 4.72 Å². The number of alkyl halides is 3. The second-order valence-electron chi connectivity index (χ2n) is 6.21. The Morgan fingerprint density at radius 2 is 1.84 bits per heavy atom. The van der Waals surface area contributed by atoms with Gasteiger partial charge in [-0.2, -0.15) is 13.2 Å². The van der Waals surface area contributed by atoms with Crippen LogP contribution < -0.4 is 20.9 Å². The molecule has 0 aliphatic rings. The molecule has 8 nitrogen and oxygen atoms in total. The molecule has 0 atom stereocenters. The summed E-state index contributed by atoms with van der Waals surface area (Å²) in [6, 6.07) is 12.5. The third-order valence-corrected chi connectivity index (χ3v) is 4.19. The maximum absolute atomic E-state index is 12.3.